The molecule has 6 heteroatoms. The fraction of sp³-hybridized carbons (Fsp3) is 0.400. The van der Waals surface area contributed by atoms with Crippen LogP contribution in [0.4, 0.5) is 22.0 Å². The second-order valence-corrected chi connectivity index (χ2v) is 3.46. The lowest BCUT2D eigenvalue weighted by molar-refractivity contribution is -0.154. The second kappa shape index (κ2) is 4.37. The van der Waals surface area contributed by atoms with Gasteiger partial charge in [0.25, 0.3) is 0 Å². The SMILES string of the molecule is Cc1cc(F)c(C(O)CC(F)(F)F)cc1F. The van der Waals surface area contributed by atoms with E-state index >= 15 is 0 Å². The highest BCUT2D eigenvalue weighted by Gasteiger charge is 2.33. The standard InChI is InChI=1S/C10H9F5O/c1-5-2-8(12)6(3-7(5)11)9(16)4-10(13,14)15/h2-3,9,16H,4H2,1H3. The highest BCUT2D eigenvalue weighted by molar-refractivity contribution is 5.26. The van der Waals surface area contributed by atoms with Gasteiger partial charge in [0.2, 0.25) is 0 Å². The Morgan fingerprint density at radius 2 is 1.75 bits per heavy atom. The third-order valence-corrected chi connectivity index (χ3v) is 2.06. The van der Waals surface area contributed by atoms with E-state index in [0.29, 0.717) is 6.07 Å². The molecule has 0 aliphatic carbocycles. The van der Waals surface area contributed by atoms with Gasteiger partial charge in [-0.15, -0.1) is 0 Å². The number of aliphatic hydroxyl groups is 1. The summed E-state index contributed by atoms with van der Waals surface area (Å²) >= 11 is 0. The first-order chi connectivity index (χ1) is 7.20. The third kappa shape index (κ3) is 3.16. The molecule has 16 heavy (non-hydrogen) atoms. The molecule has 1 rings (SSSR count). The summed E-state index contributed by atoms with van der Waals surface area (Å²) in [7, 11) is 0. The molecule has 1 atom stereocenters. The fourth-order valence-electron chi connectivity index (χ4n) is 1.25. The van der Waals surface area contributed by atoms with Crippen molar-refractivity contribution < 1.29 is 27.1 Å². The normalized spacial score (nSPS) is 13.9. The Morgan fingerprint density at radius 3 is 2.25 bits per heavy atom. The quantitative estimate of drug-likeness (QED) is 0.786. The number of hydrogen-bond acceptors (Lipinski definition) is 1. The lowest BCUT2D eigenvalue weighted by atomic mass is 10.0. The van der Waals surface area contributed by atoms with Crippen LogP contribution in [0.25, 0.3) is 0 Å². The van der Waals surface area contributed by atoms with Crippen LogP contribution >= 0.6 is 0 Å². The van der Waals surface area contributed by atoms with E-state index in [1.165, 1.54) is 6.92 Å². The van der Waals surface area contributed by atoms with E-state index in [9.17, 15) is 22.0 Å². The maximum absolute atomic E-state index is 13.2. The third-order valence-electron chi connectivity index (χ3n) is 2.06. The van der Waals surface area contributed by atoms with Crippen LogP contribution < -0.4 is 0 Å². The Bertz CT molecular complexity index is 386. The minimum absolute atomic E-state index is 0.0274. The Morgan fingerprint density at radius 1 is 1.19 bits per heavy atom. The highest BCUT2D eigenvalue weighted by Crippen LogP contribution is 2.31. The van der Waals surface area contributed by atoms with Gasteiger partial charge in [0.05, 0.1) is 12.5 Å². The molecule has 1 aromatic carbocycles. The van der Waals surface area contributed by atoms with Crippen molar-refractivity contribution in [1.29, 1.82) is 0 Å². The van der Waals surface area contributed by atoms with Gasteiger partial charge in [-0.05, 0) is 24.6 Å². The number of aliphatic hydroxyl groups excluding tert-OH is 1. The van der Waals surface area contributed by atoms with Gasteiger partial charge >= 0.3 is 6.18 Å². The minimum Gasteiger partial charge on any atom is -0.388 e. The van der Waals surface area contributed by atoms with Crippen molar-refractivity contribution in [2.45, 2.75) is 25.6 Å². The molecule has 0 saturated heterocycles. The van der Waals surface area contributed by atoms with Gasteiger partial charge in [-0.1, -0.05) is 0 Å². The smallest absolute Gasteiger partial charge is 0.388 e. The Kier molecular flexibility index (Phi) is 3.52. The zero-order valence-corrected chi connectivity index (χ0v) is 8.28. The largest absolute Gasteiger partial charge is 0.391 e. The van der Waals surface area contributed by atoms with E-state index in [1.807, 2.05) is 0 Å². The lowest BCUT2D eigenvalue weighted by Crippen LogP contribution is -2.15. The molecule has 1 nitrogen and oxygen atoms in total. The molecule has 0 aliphatic heterocycles. The predicted octanol–water partition coefficient (Wildman–Crippen LogP) is 3.26. The van der Waals surface area contributed by atoms with Crippen LogP contribution in [0.5, 0.6) is 0 Å². The summed E-state index contributed by atoms with van der Waals surface area (Å²) in [5, 5.41) is 9.13. The summed E-state index contributed by atoms with van der Waals surface area (Å²) in [5.41, 5.74) is -0.708. The van der Waals surface area contributed by atoms with Crippen molar-refractivity contribution in [3.63, 3.8) is 0 Å². The number of aryl methyl sites for hydroxylation is 1. The zero-order chi connectivity index (χ0) is 12.5. The molecule has 90 valence electrons. The van der Waals surface area contributed by atoms with Gasteiger partial charge < -0.3 is 5.11 Å². The molecule has 0 amide bonds. The van der Waals surface area contributed by atoms with Crippen molar-refractivity contribution in [3.05, 3.63) is 34.9 Å². The van der Waals surface area contributed by atoms with E-state index in [0.717, 1.165) is 6.07 Å². The summed E-state index contributed by atoms with van der Waals surface area (Å²) in [6.07, 6.45) is -8.32. The molecule has 1 N–H and O–H groups in total. The Labute approximate surface area is 88.5 Å². The van der Waals surface area contributed by atoms with Gasteiger partial charge in [0, 0.05) is 5.56 Å². The maximum atomic E-state index is 13.2. The van der Waals surface area contributed by atoms with Crippen LogP contribution in [0, 0.1) is 18.6 Å². The van der Waals surface area contributed by atoms with Crippen molar-refractivity contribution in [1.82, 2.24) is 0 Å². The molecule has 0 aromatic heterocycles. The Balaban J connectivity index is 3.00. The van der Waals surface area contributed by atoms with Crippen molar-refractivity contribution in [3.8, 4) is 0 Å². The van der Waals surface area contributed by atoms with E-state index in [2.05, 4.69) is 0 Å². The van der Waals surface area contributed by atoms with Crippen LogP contribution in [-0.4, -0.2) is 11.3 Å². The van der Waals surface area contributed by atoms with E-state index in [1.54, 1.807) is 0 Å². The number of alkyl halides is 3. The maximum Gasteiger partial charge on any atom is 0.391 e. The predicted molar refractivity (Wildman–Crippen MR) is 46.7 cm³/mol. The number of halogens is 5. The molecule has 1 aromatic rings. The average Bonchev–Trinajstić information content (AvgIpc) is 2.08. The topological polar surface area (TPSA) is 20.2 Å². The Hall–Kier alpha value is -1.17. The van der Waals surface area contributed by atoms with Gasteiger partial charge in [-0.3, -0.25) is 0 Å². The second-order valence-electron chi connectivity index (χ2n) is 3.46. The van der Waals surface area contributed by atoms with Crippen LogP contribution in [0.15, 0.2) is 12.1 Å². The fourth-order valence-corrected chi connectivity index (χ4v) is 1.25. The molecule has 0 aliphatic rings. The number of hydrogen-bond donors (Lipinski definition) is 1. The van der Waals surface area contributed by atoms with E-state index in [-0.39, 0.29) is 5.56 Å². The van der Waals surface area contributed by atoms with Gasteiger partial charge in [-0.25, -0.2) is 8.78 Å². The summed E-state index contributed by atoms with van der Waals surface area (Å²) in [4.78, 5) is 0. The van der Waals surface area contributed by atoms with Gasteiger partial charge in [0.1, 0.15) is 11.6 Å². The van der Waals surface area contributed by atoms with Crippen LogP contribution in [0.1, 0.15) is 23.7 Å². The molecule has 0 bridgehead atoms. The number of rotatable bonds is 2. The molecule has 0 radical (unpaired) electrons. The molecule has 0 heterocycles. The summed E-state index contributed by atoms with van der Waals surface area (Å²) in [6.45, 7) is 1.28. The summed E-state index contributed by atoms with van der Waals surface area (Å²) in [6, 6.07) is 1.34. The van der Waals surface area contributed by atoms with Crippen molar-refractivity contribution in [2.75, 3.05) is 0 Å². The van der Waals surface area contributed by atoms with Gasteiger partial charge in [0.15, 0.2) is 0 Å². The first kappa shape index (κ1) is 12.9. The van der Waals surface area contributed by atoms with E-state index < -0.39 is 35.9 Å². The first-order valence-electron chi connectivity index (χ1n) is 4.41. The van der Waals surface area contributed by atoms with E-state index in [4.69, 9.17) is 5.11 Å². The van der Waals surface area contributed by atoms with Crippen LogP contribution in [-0.2, 0) is 0 Å². The molecule has 0 spiro atoms. The average molecular weight is 240 g/mol. The van der Waals surface area contributed by atoms with Gasteiger partial charge in [-0.2, -0.15) is 13.2 Å². The number of benzene rings is 1. The first-order valence-corrected chi connectivity index (χ1v) is 4.41. The van der Waals surface area contributed by atoms with Crippen molar-refractivity contribution >= 4 is 0 Å². The van der Waals surface area contributed by atoms with Crippen LogP contribution in [0.3, 0.4) is 0 Å². The molecule has 0 fully saturated rings. The molecular weight excluding hydrogens is 231 g/mol. The minimum atomic E-state index is -4.63. The monoisotopic (exact) mass is 240 g/mol. The molecule has 0 saturated carbocycles. The summed E-state index contributed by atoms with van der Waals surface area (Å²) < 4.78 is 61.9. The summed E-state index contributed by atoms with van der Waals surface area (Å²) in [5.74, 6) is -1.90. The lowest BCUT2D eigenvalue weighted by Gasteiger charge is -2.14. The zero-order valence-electron chi connectivity index (χ0n) is 8.28. The molecular formula is C10H9F5O. The molecule has 1 unspecified atom stereocenters. The highest BCUT2D eigenvalue weighted by atomic mass is 19.4. The van der Waals surface area contributed by atoms with Crippen LogP contribution in [0.2, 0.25) is 0 Å². The van der Waals surface area contributed by atoms with Crippen molar-refractivity contribution in [2.24, 2.45) is 0 Å².